The smallest absolute Gasteiger partial charge is 0.223 e. The van der Waals surface area contributed by atoms with Crippen molar-refractivity contribution < 1.29 is 4.79 Å². The Balaban J connectivity index is 1.47. The molecule has 1 aliphatic heterocycles. The summed E-state index contributed by atoms with van der Waals surface area (Å²) >= 11 is 3.58. The van der Waals surface area contributed by atoms with Crippen molar-refractivity contribution >= 4 is 21.8 Å². The highest BCUT2D eigenvalue weighted by molar-refractivity contribution is 9.09. The lowest BCUT2D eigenvalue weighted by molar-refractivity contribution is -0.139. The molecule has 20 heavy (non-hydrogen) atoms. The van der Waals surface area contributed by atoms with E-state index < -0.39 is 0 Å². The van der Waals surface area contributed by atoms with Gasteiger partial charge in [-0.25, -0.2) is 0 Å². The zero-order valence-corrected chi connectivity index (χ0v) is 13.9. The summed E-state index contributed by atoms with van der Waals surface area (Å²) in [6.07, 6.45) is 11.7. The second-order valence-corrected chi connectivity index (χ2v) is 8.78. The number of halogens is 1. The van der Waals surface area contributed by atoms with Crippen LogP contribution in [0.15, 0.2) is 0 Å². The molecule has 1 unspecified atom stereocenters. The van der Waals surface area contributed by atoms with E-state index in [9.17, 15) is 4.79 Å². The first-order chi connectivity index (χ1) is 9.67. The first kappa shape index (κ1) is 13.6. The average molecular weight is 340 g/mol. The number of rotatable bonds is 3. The number of amides is 1. The van der Waals surface area contributed by atoms with Crippen LogP contribution >= 0.6 is 15.9 Å². The standard InChI is InChI=1S/C17H26BrNO/c18-11-15-2-1-3-19(15)16(20)10-17-7-12-4-13(8-17)6-14(5-12)9-17/h12-15H,1-11H2. The van der Waals surface area contributed by atoms with Crippen LogP contribution in [0, 0.1) is 23.2 Å². The molecule has 4 bridgehead atoms. The number of hydrogen-bond donors (Lipinski definition) is 0. The summed E-state index contributed by atoms with van der Waals surface area (Å²) < 4.78 is 0. The molecule has 1 heterocycles. The first-order valence-corrected chi connectivity index (χ1v) is 9.65. The van der Waals surface area contributed by atoms with Crippen molar-refractivity contribution in [1.82, 2.24) is 4.90 Å². The van der Waals surface area contributed by atoms with Crippen LogP contribution < -0.4 is 0 Å². The van der Waals surface area contributed by atoms with E-state index in [-0.39, 0.29) is 0 Å². The van der Waals surface area contributed by atoms with E-state index in [2.05, 4.69) is 20.8 Å². The van der Waals surface area contributed by atoms with E-state index >= 15 is 0 Å². The lowest BCUT2D eigenvalue weighted by Gasteiger charge is -2.57. The first-order valence-electron chi connectivity index (χ1n) is 8.53. The van der Waals surface area contributed by atoms with Crippen LogP contribution in [0.3, 0.4) is 0 Å². The van der Waals surface area contributed by atoms with Gasteiger partial charge in [0.2, 0.25) is 5.91 Å². The second kappa shape index (κ2) is 5.00. The van der Waals surface area contributed by atoms with E-state index in [0.717, 1.165) is 36.0 Å². The monoisotopic (exact) mass is 339 g/mol. The quantitative estimate of drug-likeness (QED) is 0.712. The molecule has 5 fully saturated rings. The van der Waals surface area contributed by atoms with Crippen molar-refractivity contribution in [3.63, 3.8) is 0 Å². The number of alkyl halides is 1. The molecular formula is C17H26BrNO. The number of carbonyl (C=O) groups excluding carboxylic acids is 1. The summed E-state index contributed by atoms with van der Waals surface area (Å²) in [5.74, 6) is 3.34. The van der Waals surface area contributed by atoms with E-state index in [1.165, 1.54) is 51.4 Å². The number of nitrogens with zero attached hydrogens (tertiary/aromatic N) is 1. The van der Waals surface area contributed by atoms with E-state index in [1.807, 2.05) is 0 Å². The molecule has 5 rings (SSSR count). The summed E-state index contributed by atoms with van der Waals surface area (Å²) in [6.45, 7) is 1.00. The fourth-order valence-corrected chi connectivity index (χ4v) is 6.93. The van der Waals surface area contributed by atoms with Gasteiger partial charge in [-0.05, 0) is 74.5 Å². The highest BCUT2D eigenvalue weighted by atomic mass is 79.9. The fourth-order valence-electron chi connectivity index (χ4n) is 6.25. The zero-order valence-electron chi connectivity index (χ0n) is 12.3. The molecule has 2 nitrogen and oxygen atoms in total. The van der Waals surface area contributed by atoms with Crippen LogP contribution in [0.4, 0.5) is 0 Å². The van der Waals surface area contributed by atoms with Crippen molar-refractivity contribution in [2.45, 2.75) is 63.8 Å². The van der Waals surface area contributed by atoms with Crippen LogP contribution in [-0.4, -0.2) is 28.7 Å². The second-order valence-electron chi connectivity index (χ2n) is 8.13. The van der Waals surface area contributed by atoms with Crippen molar-refractivity contribution in [2.24, 2.45) is 23.2 Å². The fraction of sp³-hybridized carbons (Fsp3) is 0.941. The molecule has 3 heteroatoms. The Morgan fingerprint density at radius 2 is 1.70 bits per heavy atom. The molecule has 1 saturated heterocycles. The van der Waals surface area contributed by atoms with Crippen LogP contribution in [0.5, 0.6) is 0 Å². The van der Waals surface area contributed by atoms with Gasteiger partial charge in [0.25, 0.3) is 0 Å². The van der Waals surface area contributed by atoms with E-state index in [4.69, 9.17) is 0 Å². The minimum absolute atomic E-state index is 0.408. The third-order valence-electron chi connectivity index (χ3n) is 6.57. The Kier molecular flexibility index (Phi) is 3.40. The maximum Gasteiger partial charge on any atom is 0.223 e. The van der Waals surface area contributed by atoms with Crippen LogP contribution in [0.2, 0.25) is 0 Å². The third-order valence-corrected chi connectivity index (χ3v) is 7.31. The van der Waals surface area contributed by atoms with Crippen LogP contribution in [-0.2, 0) is 4.79 Å². The van der Waals surface area contributed by atoms with Crippen molar-refractivity contribution in [3.05, 3.63) is 0 Å². The summed E-state index contributed by atoms with van der Waals surface area (Å²) in [5.41, 5.74) is 0.408. The van der Waals surface area contributed by atoms with Crippen molar-refractivity contribution in [2.75, 3.05) is 11.9 Å². The van der Waals surface area contributed by atoms with Gasteiger partial charge in [-0.1, -0.05) is 15.9 Å². The van der Waals surface area contributed by atoms with Crippen molar-refractivity contribution in [1.29, 1.82) is 0 Å². The molecule has 0 aromatic rings. The number of hydrogen-bond acceptors (Lipinski definition) is 1. The Morgan fingerprint density at radius 1 is 1.10 bits per heavy atom. The van der Waals surface area contributed by atoms with Gasteiger partial charge in [0, 0.05) is 24.3 Å². The van der Waals surface area contributed by atoms with Crippen LogP contribution in [0.1, 0.15) is 57.8 Å². The summed E-state index contributed by atoms with van der Waals surface area (Å²) in [5, 5.41) is 0.958. The molecule has 4 saturated carbocycles. The van der Waals surface area contributed by atoms with Gasteiger partial charge >= 0.3 is 0 Å². The molecule has 1 atom stereocenters. The lowest BCUT2D eigenvalue weighted by atomic mass is 9.49. The largest absolute Gasteiger partial charge is 0.339 e. The van der Waals surface area contributed by atoms with Gasteiger partial charge in [-0.15, -0.1) is 0 Å². The lowest BCUT2D eigenvalue weighted by Crippen LogP contribution is -2.49. The van der Waals surface area contributed by atoms with Gasteiger partial charge in [-0.3, -0.25) is 4.79 Å². The minimum atomic E-state index is 0.408. The molecule has 0 aromatic heterocycles. The Morgan fingerprint density at radius 3 is 2.25 bits per heavy atom. The number of carbonyl (C=O) groups is 1. The van der Waals surface area contributed by atoms with Gasteiger partial charge in [0.1, 0.15) is 0 Å². The predicted molar refractivity (Wildman–Crippen MR) is 83.8 cm³/mol. The third kappa shape index (κ3) is 2.24. The summed E-state index contributed by atoms with van der Waals surface area (Å²) in [7, 11) is 0. The Hall–Kier alpha value is -0.0500. The molecule has 0 N–H and O–H groups in total. The zero-order chi connectivity index (χ0) is 13.7. The van der Waals surface area contributed by atoms with Gasteiger partial charge < -0.3 is 4.90 Å². The Labute approximate surface area is 130 Å². The molecule has 1 amide bonds. The molecule has 0 aromatic carbocycles. The molecule has 5 aliphatic rings. The van der Waals surface area contributed by atoms with E-state index in [1.54, 1.807) is 0 Å². The minimum Gasteiger partial charge on any atom is -0.339 e. The summed E-state index contributed by atoms with van der Waals surface area (Å²) in [6, 6.07) is 0.469. The number of likely N-dealkylation sites (tertiary alicyclic amines) is 1. The maximum absolute atomic E-state index is 12.8. The maximum atomic E-state index is 12.8. The van der Waals surface area contributed by atoms with E-state index in [0.29, 0.717) is 17.4 Å². The van der Waals surface area contributed by atoms with Gasteiger partial charge in [-0.2, -0.15) is 0 Å². The molecule has 0 spiro atoms. The van der Waals surface area contributed by atoms with Crippen LogP contribution in [0.25, 0.3) is 0 Å². The van der Waals surface area contributed by atoms with Gasteiger partial charge in [0.05, 0.1) is 0 Å². The van der Waals surface area contributed by atoms with Gasteiger partial charge in [0.15, 0.2) is 0 Å². The molecule has 0 radical (unpaired) electrons. The SMILES string of the molecule is O=C(CC12CC3CC(CC(C3)C1)C2)N1CCCC1CBr. The Bertz CT molecular complexity index is 373. The average Bonchev–Trinajstić information content (AvgIpc) is 2.84. The molecule has 4 aliphatic carbocycles. The van der Waals surface area contributed by atoms with Crippen molar-refractivity contribution in [3.8, 4) is 0 Å². The normalized spacial score (nSPS) is 46.1. The highest BCUT2D eigenvalue weighted by Crippen LogP contribution is 2.61. The highest BCUT2D eigenvalue weighted by Gasteiger charge is 2.52. The molecular weight excluding hydrogens is 314 g/mol. The topological polar surface area (TPSA) is 20.3 Å². The molecule has 112 valence electrons. The predicted octanol–water partition coefficient (Wildman–Crippen LogP) is 3.98. The summed E-state index contributed by atoms with van der Waals surface area (Å²) in [4.78, 5) is 15.0.